The number of hydrogen-bond acceptors (Lipinski definition) is 7. The summed E-state index contributed by atoms with van der Waals surface area (Å²) in [6.45, 7) is 12.2. The summed E-state index contributed by atoms with van der Waals surface area (Å²) >= 11 is 0. The molecule has 9 heteroatoms. The summed E-state index contributed by atoms with van der Waals surface area (Å²) in [6.07, 6.45) is 4.65. The van der Waals surface area contributed by atoms with E-state index < -0.39 is 0 Å². The van der Waals surface area contributed by atoms with Crippen molar-refractivity contribution < 1.29 is 13.9 Å². The summed E-state index contributed by atoms with van der Waals surface area (Å²) in [5.74, 6) is 1.89. The molecule has 186 valence electrons. The van der Waals surface area contributed by atoms with Crippen LogP contribution in [0.1, 0.15) is 19.4 Å². The van der Waals surface area contributed by atoms with E-state index in [4.69, 9.17) is 19.5 Å². The fraction of sp³-hybridized carbons (Fsp3) is 0.462. The zero-order chi connectivity index (χ0) is 24.5. The third-order valence-corrected chi connectivity index (χ3v) is 6.86. The lowest BCUT2D eigenvalue weighted by atomic mass is 10.00. The highest BCUT2D eigenvalue weighted by Gasteiger charge is 2.39. The SMILES string of the molecule is C=C1NC(C)=CC1N=C1C=C(CN2CCOCC2)C2=NC(C)C(Cc3ccc(OC)cc3F)N2N1. The van der Waals surface area contributed by atoms with Gasteiger partial charge in [0.25, 0.3) is 0 Å². The first-order chi connectivity index (χ1) is 16.9. The Kier molecular flexibility index (Phi) is 6.62. The largest absolute Gasteiger partial charge is 0.497 e. The van der Waals surface area contributed by atoms with Crippen molar-refractivity contribution >= 4 is 11.7 Å². The normalized spacial score (nSPS) is 27.7. The molecule has 0 radical (unpaired) electrons. The molecular weight excluding hydrogens is 447 g/mol. The van der Waals surface area contributed by atoms with Gasteiger partial charge >= 0.3 is 0 Å². The maximum absolute atomic E-state index is 14.8. The van der Waals surface area contributed by atoms with Gasteiger partial charge in [-0.2, -0.15) is 0 Å². The summed E-state index contributed by atoms with van der Waals surface area (Å²) in [5.41, 5.74) is 7.11. The number of amidine groups is 2. The van der Waals surface area contributed by atoms with Crippen LogP contribution < -0.4 is 15.5 Å². The molecule has 0 amide bonds. The molecular formula is C26H33FN6O2. The van der Waals surface area contributed by atoms with E-state index in [0.29, 0.717) is 17.7 Å². The highest BCUT2D eigenvalue weighted by Crippen LogP contribution is 2.28. The van der Waals surface area contributed by atoms with Crippen LogP contribution >= 0.6 is 0 Å². The lowest BCUT2D eigenvalue weighted by Crippen LogP contribution is -2.55. The number of nitrogens with zero attached hydrogens (tertiary/aromatic N) is 4. The minimum atomic E-state index is -0.270. The Hall–Kier alpha value is -3.17. The zero-order valence-electron chi connectivity index (χ0n) is 20.6. The lowest BCUT2D eigenvalue weighted by Gasteiger charge is -2.36. The summed E-state index contributed by atoms with van der Waals surface area (Å²) in [7, 11) is 1.54. The molecule has 8 nitrogen and oxygen atoms in total. The monoisotopic (exact) mass is 480 g/mol. The van der Waals surface area contributed by atoms with Crippen LogP contribution in [0.15, 0.2) is 63.9 Å². The maximum Gasteiger partial charge on any atom is 0.147 e. The Labute approximate surface area is 205 Å². The van der Waals surface area contributed by atoms with Gasteiger partial charge in [-0.1, -0.05) is 12.6 Å². The number of nitrogens with one attached hydrogen (secondary N) is 2. The van der Waals surface area contributed by atoms with Gasteiger partial charge in [-0.3, -0.25) is 25.3 Å². The number of rotatable bonds is 6. The van der Waals surface area contributed by atoms with E-state index in [0.717, 1.165) is 61.5 Å². The van der Waals surface area contributed by atoms with Gasteiger partial charge in [0.05, 0.1) is 32.4 Å². The lowest BCUT2D eigenvalue weighted by molar-refractivity contribution is 0.0426. The van der Waals surface area contributed by atoms with Gasteiger partial charge in [-0.25, -0.2) is 4.39 Å². The molecule has 3 atom stereocenters. The van der Waals surface area contributed by atoms with E-state index in [-0.39, 0.29) is 23.9 Å². The van der Waals surface area contributed by atoms with E-state index in [1.54, 1.807) is 19.2 Å². The highest BCUT2D eigenvalue weighted by atomic mass is 19.1. The molecule has 2 N–H and O–H groups in total. The average molecular weight is 481 g/mol. The summed E-state index contributed by atoms with van der Waals surface area (Å²) in [5, 5.41) is 5.32. The van der Waals surface area contributed by atoms with Crippen LogP contribution in [0.4, 0.5) is 4.39 Å². The smallest absolute Gasteiger partial charge is 0.147 e. The number of aliphatic imine (C=N–C) groups is 2. The summed E-state index contributed by atoms with van der Waals surface area (Å²) in [4.78, 5) is 12.3. The Morgan fingerprint density at radius 3 is 2.80 bits per heavy atom. The van der Waals surface area contributed by atoms with Gasteiger partial charge in [0.2, 0.25) is 0 Å². The minimum Gasteiger partial charge on any atom is -0.497 e. The Bertz CT molecular complexity index is 1120. The molecule has 3 unspecified atom stereocenters. The molecule has 0 aliphatic carbocycles. The van der Waals surface area contributed by atoms with Crippen molar-refractivity contribution in [1.82, 2.24) is 20.7 Å². The third-order valence-electron chi connectivity index (χ3n) is 6.86. The van der Waals surface area contributed by atoms with E-state index >= 15 is 0 Å². The molecule has 35 heavy (non-hydrogen) atoms. The molecule has 0 aromatic heterocycles. The molecule has 0 saturated carbocycles. The second-order valence-corrected chi connectivity index (χ2v) is 9.42. The van der Waals surface area contributed by atoms with Gasteiger partial charge in [-0.15, -0.1) is 0 Å². The summed E-state index contributed by atoms with van der Waals surface area (Å²) < 4.78 is 25.5. The van der Waals surface area contributed by atoms with Crippen LogP contribution in [-0.4, -0.2) is 79.7 Å². The zero-order valence-corrected chi connectivity index (χ0v) is 20.6. The van der Waals surface area contributed by atoms with Crippen LogP contribution in [0, 0.1) is 5.82 Å². The van der Waals surface area contributed by atoms with Crippen LogP contribution in [0.3, 0.4) is 0 Å². The molecule has 0 bridgehead atoms. The van der Waals surface area contributed by atoms with E-state index in [1.807, 2.05) is 6.92 Å². The van der Waals surface area contributed by atoms with E-state index in [9.17, 15) is 4.39 Å². The van der Waals surface area contributed by atoms with Crippen LogP contribution in [0.5, 0.6) is 5.75 Å². The van der Waals surface area contributed by atoms with Gasteiger partial charge < -0.3 is 14.8 Å². The number of methoxy groups -OCH3 is 1. The van der Waals surface area contributed by atoms with Crippen molar-refractivity contribution in [3.63, 3.8) is 0 Å². The van der Waals surface area contributed by atoms with Gasteiger partial charge in [0.15, 0.2) is 0 Å². The second kappa shape index (κ2) is 9.83. The average Bonchev–Trinajstić information content (AvgIpc) is 3.33. The molecule has 0 spiro atoms. The molecule has 1 aromatic rings. The first kappa shape index (κ1) is 23.6. The Morgan fingerprint density at radius 2 is 2.11 bits per heavy atom. The molecule has 4 heterocycles. The number of allylic oxidation sites excluding steroid dienone is 1. The minimum absolute atomic E-state index is 0.0170. The first-order valence-electron chi connectivity index (χ1n) is 12.1. The number of hydrogen-bond donors (Lipinski definition) is 2. The number of morpholine rings is 1. The fourth-order valence-electron chi connectivity index (χ4n) is 4.93. The van der Waals surface area contributed by atoms with Crippen LogP contribution in [0.25, 0.3) is 0 Å². The number of ether oxygens (including phenoxy) is 2. The molecule has 4 aliphatic heterocycles. The fourth-order valence-corrected chi connectivity index (χ4v) is 4.93. The third kappa shape index (κ3) is 4.97. The van der Waals surface area contributed by atoms with Gasteiger partial charge in [0.1, 0.15) is 29.3 Å². The summed E-state index contributed by atoms with van der Waals surface area (Å²) in [6, 6.07) is 4.81. The van der Waals surface area contributed by atoms with E-state index in [2.05, 4.69) is 46.3 Å². The van der Waals surface area contributed by atoms with Gasteiger partial charge in [0, 0.05) is 42.7 Å². The quantitative estimate of drug-likeness (QED) is 0.652. The number of halogens is 1. The van der Waals surface area contributed by atoms with Crippen molar-refractivity contribution in [2.45, 2.75) is 38.4 Å². The van der Waals surface area contributed by atoms with E-state index in [1.165, 1.54) is 6.07 Å². The Morgan fingerprint density at radius 1 is 1.31 bits per heavy atom. The molecule has 1 fully saturated rings. The molecule has 1 saturated heterocycles. The number of benzene rings is 1. The highest BCUT2D eigenvalue weighted by molar-refractivity contribution is 6.11. The molecule has 4 aliphatic rings. The second-order valence-electron chi connectivity index (χ2n) is 9.42. The number of fused-ring (bicyclic) bond motifs is 1. The predicted molar refractivity (Wildman–Crippen MR) is 135 cm³/mol. The molecule has 1 aromatic carbocycles. The predicted octanol–water partition coefficient (Wildman–Crippen LogP) is 2.41. The first-order valence-corrected chi connectivity index (χ1v) is 12.1. The number of hydrazine groups is 1. The van der Waals surface area contributed by atoms with Crippen molar-refractivity contribution in [3.8, 4) is 5.75 Å². The molecule has 5 rings (SSSR count). The standard InChI is InChI=1S/C26H33FN6O2/c1-16-11-23(17(2)28-16)30-25-13-20(15-32-7-9-35-10-8-32)26-29-18(3)24(33(26)31-25)12-19-5-6-21(34-4)14-22(19)27/h5-6,11,13-14,18,23-24,28H,2,7-10,12,15H2,1,3-4H3,(H,30,31). The van der Waals surface area contributed by atoms with Crippen LogP contribution in [0.2, 0.25) is 0 Å². The van der Waals surface area contributed by atoms with Gasteiger partial charge in [-0.05, 0) is 44.1 Å². The van der Waals surface area contributed by atoms with Crippen molar-refractivity contribution in [1.29, 1.82) is 0 Å². The van der Waals surface area contributed by atoms with Crippen LogP contribution in [-0.2, 0) is 11.2 Å². The van der Waals surface area contributed by atoms with Crippen molar-refractivity contribution in [2.75, 3.05) is 40.0 Å². The maximum atomic E-state index is 14.8. The topological polar surface area (TPSA) is 73.7 Å². The Balaban J connectivity index is 1.44. The van der Waals surface area contributed by atoms with Crippen molar-refractivity contribution in [3.05, 3.63) is 65.3 Å². The van der Waals surface area contributed by atoms with Crippen molar-refractivity contribution in [2.24, 2.45) is 9.98 Å².